The average Bonchev–Trinajstić information content (AvgIpc) is 2.49. The number of ether oxygens (including phenoxy) is 1. The van der Waals surface area contributed by atoms with Gasteiger partial charge in [-0.05, 0) is 38.1 Å². The van der Waals surface area contributed by atoms with Crippen LogP contribution in [0.5, 0.6) is 11.5 Å². The molecule has 2 aromatic carbocycles. The summed E-state index contributed by atoms with van der Waals surface area (Å²) in [5.41, 5.74) is 0.457. The molecule has 5 heteroatoms. The Morgan fingerprint density at radius 1 is 0.909 bits per heavy atom. The van der Waals surface area contributed by atoms with Crippen LogP contribution in [0.4, 0.5) is 5.69 Å². The van der Waals surface area contributed by atoms with Crippen molar-refractivity contribution < 1.29 is 14.3 Å². The zero-order valence-electron chi connectivity index (χ0n) is 12.4. The molecule has 0 aliphatic rings. The first kappa shape index (κ1) is 15.6. The van der Waals surface area contributed by atoms with E-state index in [1.807, 2.05) is 36.4 Å². The summed E-state index contributed by atoms with van der Waals surface area (Å²) in [6.07, 6.45) is 0. The fourth-order valence-corrected chi connectivity index (χ4v) is 1.81. The molecule has 0 aliphatic heterocycles. The van der Waals surface area contributed by atoms with Gasteiger partial charge in [-0.3, -0.25) is 9.59 Å². The van der Waals surface area contributed by atoms with Crippen LogP contribution < -0.4 is 4.74 Å². The lowest BCUT2D eigenvalue weighted by Gasteiger charge is -2.08. The Morgan fingerprint density at radius 2 is 1.50 bits per heavy atom. The molecule has 0 N–H and O–H groups in total. The van der Waals surface area contributed by atoms with Crippen molar-refractivity contribution in [1.82, 2.24) is 0 Å². The molecule has 0 spiro atoms. The van der Waals surface area contributed by atoms with Gasteiger partial charge in [0.25, 0.3) is 0 Å². The summed E-state index contributed by atoms with van der Waals surface area (Å²) in [5.74, 6) is 0.499. The van der Waals surface area contributed by atoms with Crippen molar-refractivity contribution >= 4 is 17.3 Å². The quantitative estimate of drug-likeness (QED) is 0.595. The molecular weight excluding hydrogens is 280 g/mol. The summed E-state index contributed by atoms with van der Waals surface area (Å²) >= 11 is 0. The number of carbonyl (C=O) groups is 2. The molecule has 2 rings (SSSR count). The van der Waals surface area contributed by atoms with E-state index in [1.54, 1.807) is 18.2 Å². The molecule has 0 aliphatic carbocycles. The molecule has 0 fully saturated rings. The Hall–Kier alpha value is -2.82. The van der Waals surface area contributed by atoms with Crippen LogP contribution in [-0.2, 0) is 9.59 Å². The van der Waals surface area contributed by atoms with Crippen LogP contribution in [0.15, 0.2) is 64.8 Å². The summed E-state index contributed by atoms with van der Waals surface area (Å²) in [6, 6.07) is 15.2. The van der Waals surface area contributed by atoms with E-state index in [9.17, 15) is 9.59 Å². The van der Waals surface area contributed by atoms with E-state index >= 15 is 0 Å². The highest BCUT2D eigenvalue weighted by molar-refractivity contribution is 6.04. The molecular formula is C17H16N2O3. The Labute approximate surface area is 128 Å². The predicted molar refractivity (Wildman–Crippen MR) is 82.6 cm³/mol. The lowest BCUT2D eigenvalue weighted by molar-refractivity contribution is -0.126. The van der Waals surface area contributed by atoms with Gasteiger partial charge in [0.2, 0.25) is 0 Å². The number of carbonyl (C=O) groups excluding carboxylic acids is 2. The van der Waals surface area contributed by atoms with E-state index in [-0.39, 0.29) is 11.6 Å². The van der Waals surface area contributed by atoms with E-state index in [1.165, 1.54) is 13.8 Å². The van der Waals surface area contributed by atoms with Gasteiger partial charge in [-0.25, -0.2) is 0 Å². The van der Waals surface area contributed by atoms with Gasteiger partial charge in [0, 0.05) is 0 Å². The number of azo groups is 1. The van der Waals surface area contributed by atoms with Gasteiger partial charge >= 0.3 is 0 Å². The maximum absolute atomic E-state index is 11.4. The smallest absolute Gasteiger partial charge is 0.187 e. The maximum atomic E-state index is 11.4. The average molecular weight is 296 g/mol. The minimum atomic E-state index is -1.07. The summed E-state index contributed by atoms with van der Waals surface area (Å²) in [6.45, 7) is 2.63. The molecule has 112 valence electrons. The van der Waals surface area contributed by atoms with Crippen LogP contribution in [0.3, 0.4) is 0 Å². The number of benzene rings is 2. The normalized spacial score (nSPS) is 10.9. The molecule has 0 atom stereocenters. The van der Waals surface area contributed by atoms with Crippen LogP contribution in [0.25, 0.3) is 0 Å². The van der Waals surface area contributed by atoms with Gasteiger partial charge < -0.3 is 4.74 Å². The van der Waals surface area contributed by atoms with E-state index in [4.69, 9.17) is 4.74 Å². The fourth-order valence-electron chi connectivity index (χ4n) is 1.81. The molecule has 22 heavy (non-hydrogen) atoms. The third kappa shape index (κ3) is 4.09. The second-order valence-electron chi connectivity index (χ2n) is 4.72. The number of nitrogens with zero attached hydrogens (tertiary/aromatic N) is 2. The Balaban J connectivity index is 2.25. The summed E-state index contributed by atoms with van der Waals surface area (Å²) in [5, 5.41) is 7.84. The van der Waals surface area contributed by atoms with Crippen LogP contribution in [-0.4, -0.2) is 17.6 Å². The molecule has 0 radical (unpaired) electrons. The molecule has 0 saturated heterocycles. The standard InChI is InChI=1S/C17H16N2O3/c1-12(20)17(13(2)21)19-18-15-10-6-7-11-16(15)22-14-8-4-3-5-9-14/h3-11,17H,1-2H3. The van der Waals surface area contributed by atoms with Gasteiger partial charge in [-0.2, -0.15) is 10.2 Å². The molecule has 5 nitrogen and oxygen atoms in total. The third-order valence-corrected chi connectivity index (χ3v) is 2.89. The number of hydrogen-bond donors (Lipinski definition) is 0. The van der Waals surface area contributed by atoms with Crippen molar-refractivity contribution in [3.63, 3.8) is 0 Å². The maximum Gasteiger partial charge on any atom is 0.187 e. The molecule has 2 aromatic rings. The predicted octanol–water partition coefficient (Wildman–Crippen LogP) is 4.11. The molecule has 0 amide bonds. The second kappa shape index (κ2) is 7.26. The Morgan fingerprint density at radius 3 is 2.14 bits per heavy atom. The van der Waals surface area contributed by atoms with E-state index in [0.717, 1.165) is 0 Å². The first-order chi connectivity index (χ1) is 10.6. The summed E-state index contributed by atoms with van der Waals surface area (Å²) < 4.78 is 5.74. The first-order valence-electron chi connectivity index (χ1n) is 6.81. The number of hydrogen-bond acceptors (Lipinski definition) is 5. The van der Waals surface area contributed by atoms with Crippen molar-refractivity contribution in [1.29, 1.82) is 0 Å². The first-order valence-corrected chi connectivity index (χ1v) is 6.81. The van der Waals surface area contributed by atoms with Crippen molar-refractivity contribution in [3.05, 3.63) is 54.6 Å². The Kier molecular flexibility index (Phi) is 5.14. The van der Waals surface area contributed by atoms with Crippen molar-refractivity contribution in [3.8, 4) is 11.5 Å². The van der Waals surface area contributed by atoms with E-state index < -0.39 is 6.04 Å². The molecule has 0 aromatic heterocycles. The molecule has 0 saturated carbocycles. The van der Waals surface area contributed by atoms with Crippen molar-refractivity contribution in [2.75, 3.05) is 0 Å². The Bertz CT molecular complexity index is 682. The summed E-state index contributed by atoms with van der Waals surface area (Å²) in [7, 11) is 0. The van der Waals surface area contributed by atoms with E-state index in [0.29, 0.717) is 17.2 Å². The lowest BCUT2D eigenvalue weighted by atomic mass is 10.1. The third-order valence-electron chi connectivity index (χ3n) is 2.89. The highest BCUT2D eigenvalue weighted by atomic mass is 16.5. The summed E-state index contributed by atoms with van der Waals surface area (Å²) in [4.78, 5) is 22.8. The highest BCUT2D eigenvalue weighted by Crippen LogP contribution is 2.31. The van der Waals surface area contributed by atoms with Crippen LogP contribution >= 0.6 is 0 Å². The monoisotopic (exact) mass is 296 g/mol. The van der Waals surface area contributed by atoms with Crippen LogP contribution in [0.1, 0.15) is 13.8 Å². The van der Waals surface area contributed by atoms with E-state index in [2.05, 4.69) is 10.2 Å². The van der Waals surface area contributed by atoms with Gasteiger partial charge in [0.1, 0.15) is 11.4 Å². The van der Waals surface area contributed by atoms with Crippen molar-refractivity contribution in [2.24, 2.45) is 10.2 Å². The van der Waals surface area contributed by atoms with Gasteiger partial charge in [0.05, 0.1) is 0 Å². The molecule has 0 bridgehead atoms. The SMILES string of the molecule is CC(=O)C(N=Nc1ccccc1Oc1ccccc1)C(C)=O. The second-order valence-corrected chi connectivity index (χ2v) is 4.72. The van der Waals surface area contributed by atoms with Crippen molar-refractivity contribution in [2.45, 2.75) is 19.9 Å². The number of rotatable bonds is 6. The topological polar surface area (TPSA) is 68.1 Å². The number of ketones is 2. The van der Waals surface area contributed by atoms with Crippen LogP contribution in [0, 0.1) is 0 Å². The lowest BCUT2D eigenvalue weighted by Crippen LogP contribution is -2.23. The van der Waals surface area contributed by atoms with Gasteiger partial charge in [-0.1, -0.05) is 30.3 Å². The minimum absolute atomic E-state index is 0.335. The zero-order valence-corrected chi connectivity index (χ0v) is 12.4. The largest absolute Gasteiger partial charge is 0.455 e. The zero-order chi connectivity index (χ0) is 15.9. The molecule has 0 heterocycles. The van der Waals surface area contributed by atoms with Gasteiger partial charge in [0.15, 0.2) is 23.4 Å². The van der Waals surface area contributed by atoms with Crippen LogP contribution in [0.2, 0.25) is 0 Å². The highest BCUT2D eigenvalue weighted by Gasteiger charge is 2.18. The minimum Gasteiger partial charge on any atom is -0.455 e. The number of Topliss-reactive ketones (excluding diaryl/α,β-unsaturated/α-hetero) is 2. The number of para-hydroxylation sites is 2. The molecule has 0 unspecified atom stereocenters. The van der Waals surface area contributed by atoms with Gasteiger partial charge in [-0.15, -0.1) is 0 Å². The fraction of sp³-hybridized carbons (Fsp3) is 0.176.